The largest absolute Gasteiger partial charge is 0.468 e. The van der Waals surface area contributed by atoms with Crippen LogP contribution in [0.3, 0.4) is 0 Å². The van der Waals surface area contributed by atoms with Crippen LogP contribution in [-0.4, -0.2) is 30.1 Å². The van der Waals surface area contributed by atoms with Crippen molar-refractivity contribution in [1.82, 2.24) is 9.88 Å². The molecule has 5 nitrogen and oxygen atoms in total. The summed E-state index contributed by atoms with van der Waals surface area (Å²) in [6, 6.07) is 8.87. The maximum absolute atomic E-state index is 12.0. The molecule has 0 bridgehead atoms. The molecule has 0 aliphatic rings. The van der Waals surface area contributed by atoms with Crippen LogP contribution in [0.2, 0.25) is 5.02 Å². The molecule has 0 radical (unpaired) electrons. The van der Waals surface area contributed by atoms with E-state index in [1.165, 1.54) is 7.11 Å². The number of benzene rings is 1. The van der Waals surface area contributed by atoms with E-state index in [9.17, 15) is 9.59 Å². The van der Waals surface area contributed by atoms with Crippen LogP contribution in [0.1, 0.15) is 10.4 Å². The first-order chi connectivity index (χ1) is 9.61. The molecule has 1 N–H and O–H groups in total. The van der Waals surface area contributed by atoms with Gasteiger partial charge in [0, 0.05) is 18.1 Å². The van der Waals surface area contributed by atoms with Crippen LogP contribution in [0.4, 0.5) is 0 Å². The van der Waals surface area contributed by atoms with E-state index < -0.39 is 11.9 Å². The molecule has 0 aliphatic carbocycles. The van der Waals surface area contributed by atoms with Gasteiger partial charge in [-0.3, -0.25) is 9.59 Å². The summed E-state index contributed by atoms with van der Waals surface area (Å²) in [6.45, 7) is -0.195. The zero-order valence-electron chi connectivity index (χ0n) is 10.8. The van der Waals surface area contributed by atoms with E-state index in [1.807, 2.05) is 29.1 Å². The Kier molecular flexibility index (Phi) is 4.42. The van der Waals surface area contributed by atoms with Gasteiger partial charge in [0.05, 0.1) is 17.7 Å². The van der Waals surface area contributed by atoms with Crippen molar-refractivity contribution in [1.29, 1.82) is 0 Å². The summed E-state index contributed by atoms with van der Waals surface area (Å²) in [5.74, 6) is -0.939. The predicted molar refractivity (Wildman–Crippen MR) is 75.1 cm³/mol. The van der Waals surface area contributed by atoms with E-state index in [-0.39, 0.29) is 6.54 Å². The van der Waals surface area contributed by atoms with Crippen LogP contribution in [0.5, 0.6) is 0 Å². The maximum atomic E-state index is 12.0. The average molecular weight is 293 g/mol. The van der Waals surface area contributed by atoms with Crippen molar-refractivity contribution in [2.24, 2.45) is 0 Å². The molecule has 0 aliphatic heterocycles. The summed E-state index contributed by atoms with van der Waals surface area (Å²) < 4.78 is 6.31. The van der Waals surface area contributed by atoms with Crippen LogP contribution < -0.4 is 5.32 Å². The van der Waals surface area contributed by atoms with Crippen molar-refractivity contribution < 1.29 is 14.3 Å². The van der Waals surface area contributed by atoms with Gasteiger partial charge in [-0.1, -0.05) is 11.6 Å². The highest BCUT2D eigenvalue weighted by atomic mass is 35.5. The number of hydrogen-bond acceptors (Lipinski definition) is 3. The van der Waals surface area contributed by atoms with Crippen molar-refractivity contribution in [3.63, 3.8) is 0 Å². The number of nitrogens with one attached hydrogen (secondary N) is 1. The molecule has 0 saturated carbocycles. The molecule has 0 saturated heterocycles. The number of carbonyl (C=O) groups is 2. The number of carbonyl (C=O) groups excluding carboxylic acids is 2. The van der Waals surface area contributed by atoms with Crippen molar-refractivity contribution in [3.8, 4) is 5.69 Å². The van der Waals surface area contributed by atoms with Crippen molar-refractivity contribution in [2.45, 2.75) is 0 Å². The summed E-state index contributed by atoms with van der Waals surface area (Å²) in [7, 11) is 1.26. The lowest BCUT2D eigenvalue weighted by atomic mass is 10.2. The molecule has 2 rings (SSSR count). The Bertz CT molecular complexity index is 623. The fraction of sp³-hybridized carbons (Fsp3) is 0.143. The number of methoxy groups -OCH3 is 1. The Labute approximate surface area is 121 Å². The normalized spacial score (nSPS) is 10.1. The van der Waals surface area contributed by atoms with Crippen LogP contribution in [0, 0.1) is 0 Å². The number of hydrogen-bond donors (Lipinski definition) is 1. The lowest BCUT2D eigenvalue weighted by Gasteiger charge is -2.09. The predicted octanol–water partition coefficient (Wildman–Crippen LogP) is 2.03. The van der Waals surface area contributed by atoms with E-state index in [0.29, 0.717) is 10.6 Å². The Morgan fingerprint density at radius 1 is 1.30 bits per heavy atom. The molecular formula is C14H13ClN2O3. The summed E-state index contributed by atoms with van der Waals surface area (Å²) in [5, 5.41) is 2.78. The topological polar surface area (TPSA) is 60.3 Å². The van der Waals surface area contributed by atoms with Crippen molar-refractivity contribution in [2.75, 3.05) is 13.7 Å². The van der Waals surface area contributed by atoms with Gasteiger partial charge in [-0.25, -0.2) is 0 Å². The minimum absolute atomic E-state index is 0.195. The summed E-state index contributed by atoms with van der Waals surface area (Å²) >= 11 is 6.02. The molecule has 104 valence electrons. The molecule has 0 fully saturated rings. The molecule has 0 spiro atoms. The van der Waals surface area contributed by atoms with Crippen LogP contribution >= 0.6 is 11.6 Å². The van der Waals surface area contributed by atoms with Gasteiger partial charge in [0.2, 0.25) is 0 Å². The Morgan fingerprint density at radius 3 is 2.65 bits per heavy atom. The van der Waals surface area contributed by atoms with Crippen molar-refractivity contribution >= 4 is 23.5 Å². The third-order valence-corrected chi connectivity index (χ3v) is 3.05. The van der Waals surface area contributed by atoms with Crippen molar-refractivity contribution in [3.05, 3.63) is 53.3 Å². The zero-order valence-corrected chi connectivity index (χ0v) is 11.6. The molecule has 1 aromatic carbocycles. The molecule has 0 atom stereocenters. The third kappa shape index (κ3) is 3.19. The van der Waals surface area contributed by atoms with Gasteiger partial charge in [-0.05, 0) is 30.3 Å². The lowest BCUT2D eigenvalue weighted by Crippen LogP contribution is -2.30. The summed E-state index contributed by atoms with van der Waals surface area (Å²) in [5.41, 5.74) is 1.12. The third-order valence-electron chi connectivity index (χ3n) is 2.72. The second-order valence-electron chi connectivity index (χ2n) is 4.01. The molecule has 1 aromatic heterocycles. The zero-order chi connectivity index (χ0) is 14.5. The van der Waals surface area contributed by atoms with Crippen LogP contribution in [0.15, 0.2) is 42.7 Å². The Hall–Kier alpha value is -2.27. The van der Waals surface area contributed by atoms with E-state index in [2.05, 4.69) is 10.1 Å². The maximum Gasteiger partial charge on any atom is 0.325 e. The van der Waals surface area contributed by atoms with Gasteiger partial charge < -0.3 is 14.6 Å². The Morgan fingerprint density at radius 2 is 2.00 bits per heavy atom. The molecular weight excluding hydrogens is 280 g/mol. The summed E-state index contributed by atoms with van der Waals surface area (Å²) in [4.78, 5) is 23.0. The summed E-state index contributed by atoms with van der Waals surface area (Å²) in [6.07, 6.45) is 3.72. The first-order valence-electron chi connectivity index (χ1n) is 5.89. The molecule has 0 unspecified atom stereocenters. The minimum atomic E-state index is -0.518. The molecule has 20 heavy (non-hydrogen) atoms. The molecule has 6 heteroatoms. The van der Waals surface area contributed by atoms with E-state index >= 15 is 0 Å². The first kappa shape index (κ1) is 14.1. The number of halogens is 1. The lowest BCUT2D eigenvalue weighted by molar-refractivity contribution is -0.139. The highest BCUT2D eigenvalue weighted by Crippen LogP contribution is 2.20. The van der Waals surface area contributed by atoms with Gasteiger partial charge in [0.25, 0.3) is 5.91 Å². The first-order valence-corrected chi connectivity index (χ1v) is 6.27. The fourth-order valence-electron chi connectivity index (χ4n) is 1.67. The van der Waals surface area contributed by atoms with Gasteiger partial charge in [0.15, 0.2) is 0 Å². The van der Waals surface area contributed by atoms with Crippen LogP contribution in [-0.2, 0) is 9.53 Å². The monoisotopic (exact) mass is 292 g/mol. The number of amides is 1. The van der Waals surface area contributed by atoms with E-state index in [1.54, 1.807) is 18.2 Å². The van der Waals surface area contributed by atoms with E-state index in [4.69, 9.17) is 11.6 Å². The quantitative estimate of drug-likeness (QED) is 0.877. The SMILES string of the molecule is COC(=O)CNC(=O)c1cc(-n2cccc2)ccc1Cl. The number of aromatic nitrogens is 1. The molecule has 1 heterocycles. The molecule has 1 amide bonds. The van der Waals surface area contributed by atoms with Gasteiger partial charge in [-0.15, -0.1) is 0 Å². The number of esters is 1. The number of ether oxygens (including phenoxy) is 1. The van der Waals surface area contributed by atoms with E-state index in [0.717, 1.165) is 5.69 Å². The second-order valence-corrected chi connectivity index (χ2v) is 4.42. The average Bonchev–Trinajstić information content (AvgIpc) is 2.99. The van der Waals surface area contributed by atoms with Gasteiger partial charge in [-0.2, -0.15) is 0 Å². The highest BCUT2D eigenvalue weighted by molar-refractivity contribution is 6.34. The highest BCUT2D eigenvalue weighted by Gasteiger charge is 2.13. The second kappa shape index (κ2) is 6.25. The standard InChI is InChI=1S/C14H13ClN2O3/c1-20-13(18)9-16-14(19)11-8-10(4-5-12(11)15)17-6-2-3-7-17/h2-8H,9H2,1H3,(H,16,19). The van der Waals surface area contributed by atoms with Crippen LogP contribution in [0.25, 0.3) is 5.69 Å². The smallest absolute Gasteiger partial charge is 0.325 e. The number of rotatable bonds is 4. The van der Waals surface area contributed by atoms with Gasteiger partial charge >= 0.3 is 5.97 Å². The fourth-order valence-corrected chi connectivity index (χ4v) is 1.88. The minimum Gasteiger partial charge on any atom is -0.468 e. The molecule has 2 aromatic rings. The number of nitrogens with zero attached hydrogens (tertiary/aromatic N) is 1. The van der Waals surface area contributed by atoms with Gasteiger partial charge in [0.1, 0.15) is 6.54 Å². The Balaban J connectivity index is 2.20.